The van der Waals surface area contributed by atoms with Gasteiger partial charge in [0.1, 0.15) is 5.69 Å². The molecular formula is C21H28N4O2. The zero-order chi connectivity index (χ0) is 19.8. The Balaban J connectivity index is 1.98. The van der Waals surface area contributed by atoms with E-state index in [2.05, 4.69) is 22.2 Å². The van der Waals surface area contributed by atoms with Crippen molar-refractivity contribution in [3.05, 3.63) is 53.1 Å². The maximum absolute atomic E-state index is 12.7. The number of nitrogens with zero attached hydrogens (tertiary/aromatic N) is 3. The van der Waals surface area contributed by atoms with Gasteiger partial charge in [0.2, 0.25) is 5.91 Å². The minimum atomic E-state index is -0.185. The molecule has 0 aliphatic rings. The lowest BCUT2D eigenvalue weighted by molar-refractivity contribution is -0.116. The van der Waals surface area contributed by atoms with Crippen molar-refractivity contribution in [2.75, 3.05) is 18.4 Å². The number of hydrogen-bond donors (Lipinski definition) is 1. The van der Waals surface area contributed by atoms with Crippen LogP contribution in [0, 0.1) is 20.8 Å². The molecule has 2 aromatic rings. The molecule has 144 valence electrons. The summed E-state index contributed by atoms with van der Waals surface area (Å²) in [6.45, 7) is 8.89. The molecule has 0 aliphatic heterocycles. The maximum atomic E-state index is 12.7. The molecule has 0 spiro atoms. The quantitative estimate of drug-likeness (QED) is 0.771. The van der Waals surface area contributed by atoms with Crippen LogP contribution in [0.15, 0.2) is 30.6 Å². The molecule has 1 aromatic carbocycles. The molecule has 0 fully saturated rings. The molecule has 6 nitrogen and oxygen atoms in total. The Morgan fingerprint density at radius 2 is 1.81 bits per heavy atom. The molecule has 0 atom stereocenters. The van der Waals surface area contributed by atoms with Crippen molar-refractivity contribution in [2.45, 2.75) is 47.0 Å². The van der Waals surface area contributed by atoms with E-state index in [4.69, 9.17) is 0 Å². The van der Waals surface area contributed by atoms with Crippen molar-refractivity contribution in [3.8, 4) is 0 Å². The van der Waals surface area contributed by atoms with Crippen molar-refractivity contribution < 1.29 is 9.59 Å². The number of carbonyl (C=O) groups is 2. The van der Waals surface area contributed by atoms with Crippen LogP contribution in [0.2, 0.25) is 0 Å². The lowest BCUT2D eigenvalue weighted by Gasteiger charge is -2.22. The smallest absolute Gasteiger partial charge is 0.274 e. The van der Waals surface area contributed by atoms with Crippen LogP contribution in [0.5, 0.6) is 0 Å². The first-order chi connectivity index (χ1) is 12.9. The van der Waals surface area contributed by atoms with E-state index >= 15 is 0 Å². The summed E-state index contributed by atoms with van der Waals surface area (Å²) in [7, 11) is 0. The van der Waals surface area contributed by atoms with Gasteiger partial charge < -0.3 is 10.2 Å². The van der Waals surface area contributed by atoms with E-state index in [0.717, 1.165) is 29.8 Å². The standard InChI is InChI=1S/C21H28N4O2/c1-5-6-10-25(21(27)19-14-22-17(4)13-23-19)11-9-20(26)24-18-8-7-15(2)16(3)12-18/h7-8,12-14H,5-6,9-11H2,1-4H3,(H,24,26). The van der Waals surface area contributed by atoms with Crippen molar-refractivity contribution in [1.29, 1.82) is 0 Å². The number of rotatable bonds is 8. The van der Waals surface area contributed by atoms with Crippen LogP contribution in [0.25, 0.3) is 0 Å². The van der Waals surface area contributed by atoms with Crippen LogP contribution < -0.4 is 5.32 Å². The Hall–Kier alpha value is -2.76. The summed E-state index contributed by atoms with van der Waals surface area (Å²) in [4.78, 5) is 35.0. The molecule has 0 saturated heterocycles. The van der Waals surface area contributed by atoms with Gasteiger partial charge in [-0.2, -0.15) is 0 Å². The van der Waals surface area contributed by atoms with Gasteiger partial charge in [-0.15, -0.1) is 0 Å². The fourth-order valence-electron chi connectivity index (χ4n) is 2.61. The summed E-state index contributed by atoms with van der Waals surface area (Å²) in [5.41, 5.74) is 4.17. The molecule has 0 saturated carbocycles. The average molecular weight is 368 g/mol. The Kier molecular flexibility index (Phi) is 7.46. The summed E-state index contributed by atoms with van der Waals surface area (Å²) in [5.74, 6) is -0.294. The van der Waals surface area contributed by atoms with E-state index in [-0.39, 0.29) is 18.2 Å². The zero-order valence-electron chi connectivity index (χ0n) is 16.6. The molecule has 0 radical (unpaired) electrons. The Bertz CT molecular complexity index is 787. The average Bonchev–Trinajstić information content (AvgIpc) is 2.65. The second-order valence-corrected chi connectivity index (χ2v) is 6.79. The topological polar surface area (TPSA) is 75.2 Å². The molecule has 1 N–H and O–H groups in total. The van der Waals surface area contributed by atoms with E-state index in [0.29, 0.717) is 18.8 Å². The molecule has 1 aromatic heterocycles. The largest absolute Gasteiger partial charge is 0.337 e. The van der Waals surface area contributed by atoms with Crippen molar-refractivity contribution in [1.82, 2.24) is 14.9 Å². The van der Waals surface area contributed by atoms with Gasteiger partial charge in [-0.25, -0.2) is 4.98 Å². The van der Waals surface area contributed by atoms with Gasteiger partial charge in [0.25, 0.3) is 5.91 Å². The SMILES string of the molecule is CCCCN(CCC(=O)Nc1ccc(C)c(C)c1)C(=O)c1cnc(C)cn1. The number of aromatic nitrogens is 2. The lowest BCUT2D eigenvalue weighted by atomic mass is 10.1. The molecular weight excluding hydrogens is 340 g/mol. The third-order valence-electron chi connectivity index (χ3n) is 4.47. The molecule has 6 heteroatoms. The highest BCUT2D eigenvalue weighted by Crippen LogP contribution is 2.14. The van der Waals surface area contributed by atoms with E-state index in [1.54, 1.807) is 11.1 Å². The first kappa shape index (κ1) is 20.6. The fraction of sp³-hybridized carbons (Fsp3) is 0.429. The summed E-state index contributed by atoms with van der Waals surface area (Å²) in [5, 5.41) is 2.90. The van der Waals surface area contributed by atoms with Crippen molar-refractivity contribution in [2.24, 2.45) is 0 Å². The van der Waals surface area contributed by atoms with E-state index in [1.807, 2.05) is 39.0 Å². The molecule has 2 amide bonds. The van der Waals surface area contributed by atoms with E-state index < -0.39 is 0 Å². The number of nitrogens with one attached hydrogen (secondary N) is 1. The number of benzene rings is 1. The number of carbonyl (C=O) groups excluding carboxylic acids is 2. The zero-order valence-corrected chi connectivity index (χ0v) is 16.6. The monoisotopic (exact) mass is 368 g/mol. The highest BCUT2D eigenvalue weighted by atomic mass is 16.2. The number of aryl methyl sites for hydroxylation is 3. The molecule has 0 bridgehead atoms. The van der Waals surface area contributed by atoms with Crippen LogP contribution >= 0.6 is 0 Å². The van der Waals surface area contributed by atoms with Crippen LogP contribution in [0.4, 0.5) is 5.69 Å². The first-order valence-electron chi connectivity index (χ1n) is 9.35. The van der Waals surface area contributed by atoms with Crippen molar-refractivity contribution in [3.63, 3.8) is 0 Å². The van der Waals surface area contributed by atoms with Gasteiger partial charge >= 0.3 is 0 Å². The van der Waals surface area contributed by atoms with Gasteiger partial charge in [-0.3, -0.25) is 14.6 Å². The number of amides is 2. The predicted molar refractivity (Wildman–Crippen MR) is 107 cm³/mol. The molecule has 1 heterocycles. The molecule has 0 aliphatic carbocycles. The molecule has 2 rings (SSSR count). The number of unbranched alkanes of at least 4 members (excludes halogenated alkanes) is 1. The summed E-state index contributed by atoms with van der Waals surface area (Å²) in [6.07, 6.45) is 5.16. The van der Waals surface area contributed by atoms with Gasteiger partial charge in [0, 0.05) is 31.4 Å². The van der Waals surface area contributed by atoms with Crippen LogP contribution in [0.1, 0.15) is 53.5 Å². The number of anilines is 1. The van der Waals surface area contributed by atoms with E-state index in [1.165, 1.54) is 11.8 Å². The summed E-state index contributed by atoms with van der Waals surface area (Å²) in [6, 6.07) is 5.83. The summed E-state index contributed by atoms with van der Waals surface area (Å²) >= 11 is 0. The highest BCUT2D eigenvalue weighted by Gasteiger charge is 2.18. The van der Waals surface area contributed by atoms with Crippen LogP contribution in [-0.4, -0.2) is 39.8 Å². The second kappa shape index (κ2) is 9.80. The maximum Gasteiger partial charge on any atom is 0.274 e. The first-order valence-corrected chi connectivity index (χ1v) is 9.35. The third kappa shape index (κ3) is 6.16. The fourth-order valence-corrected chi connectivity index (χ4v) is 2.61. The predicted octanol–water partition coefficient (Wildman–Crippen LogP) is 3.67. The number of hydrogen-bond acceptors (Lipinski definition) is 4. The summed E-state index contributed by atoms with van der Waals surface area (Å²) < 4.78 is 0. The third-order valence-corrected chi connectivity index (χ3v) is 4.47. The van der Waals surface area contributed by atoms with Gasteiger partial charge in [-0.1, -0.05) is 19.4 Å². The van der Waals surface area contributed by atoms with E-state index in [9.17, 15) is 9.59 Å². The van der Waals surface area contributed by atoms with Crippen LogP contribution in [0.3, 0.4) is 0 Å². The lowest BCUT2D eigenvalue weighted by Crippen LogP contribution is -2.35. The minimum absolute atomic E-state index is 0.109. The van der Waals surface area contributed by atoms with Gasteiger partial charge in [0.15, 0.2) is 0 Å². The van der Waals surface area contributed by atoms with Crippen molar-refractivity contribution >= 4 is 17.5 Å². The van der Waals surface area contributed by atoms with Crippen LogP contribution in [-0.2, 0) is 4.79 Å². The van der Waals surface area contributed by atoms with Gasteiger partial charge in [0.05, 0.1) is 11.9 Å². The molecule has 27 heavy (non-hydrogen) atoms. The highest BCUT2D eigenvalue weighted by molar-refractivity contribution is 5.93. The Morgan fingerprint density at radius 1 is 1.04 bits per heavy atom. The minimum Gasteiger partial charge on any atom is -0.337 e. The Labute approximate surface area is 161 Å². The second-order valence-electron chi connectivity index (χ2n) is 6.79. The molecule has 0 unspecified atom stereocenters. The van der Waals surface area contributed by atoms with Gasteiger partial charge in [-0.05, 0) is 50.5 Å². The normalized spacial score (nSPS) is 10.5. The Morgan fingerprint density at radius 3 is 2.44 bits per heavy atom.